The Morgan fingerprint density at radius 3 is 2.47 bits per heavy atom. The lowest BCUT2D eigenvalue weighted by atomic mass is 10.1. The average molecular weight is 261 g/mol. The first-order valence-corrected chi connectivity index (χ1v) is 7.84. The van der Waals surface area contributed by atoms with Crippen molar-refractivity contribution in [2.45, 2.75) is 44.6 Å². The van der Waals surface area contributed by atoms with Crippen LogP contribution in [0.4, 0.5) is 0 Å². The van der Waals surface area contributed by atoms with Crippen molar-refractivity contribution in [3.63, 3.8) is 0 Å². The first kappa shape index (κ1) is 12.8. The molecule has 1 saturated carbocycles. The van der Waals surface area contributed by atoms with E-state index in [-0.39, 0.29) is 11.7 Å². The summed E-state index contributed by atoms with van der Waals surface area (Å²) in [6, 6.07) is -0.846. The highest BCUT2D eigenvalue weighted by molar-refractivity contribution is 7.89. The van der Waals surface area contributed by atoms with Gasteiger partial charge in [0.1, 0.15) is 6.04 Å². The van der Waals surface area contributed by atoms with Gasteiger partial charge in [-0.25, -0.2) is 8.42 Å². The van der Waals surface area contributed by atoms with Crippen LogP contribution < -0.4 is 0 Å². The fourth-order valence-corrected chi connectivity index (χ4v) is 4.45. The highest BCUT2D eigenvalue weighted by Crippen LogP contribution is 2.32. The van der Waals surface area contributed by atoms with Crippen molar-refractivity contribution in [3.8, 4) is 0 Å². The first-order valence-electron chi connectivity index (χ1n) is 6.23. The largest absolute Gasteiger partial charge is 0.480 e. The lowest BCUT2D eigenvalue weighted by Gasteiger charge is -2.26. The van der Waals surface area contributed by atoms with Crippen LogP contribution in [0.25, 0.3) is 0 Å². The summed E-state index contributed by atoms with van der Waals surface area (Å²) in [5.74, 6) is -0.611. The van der Waals surface area contributed by atoms with E-state index in [1.807, 2.05) is 0 Å². The zero-order chi connectivity index (χ0) is 12.5. The maximum Gasteiger partial charge on any atom is 0.322 e. The first-order chi connectivity index (χ1) is 8.00. The molecule has 2 fully saturated rings. The van der Waals surface area contributed by atoms with E-state index in [2.05, 4.69) is 0 Å². The smallest absolute Gasteiger partial charge is 0.322 e. The summed E-state index contributed by atoms with van der Waals surface area (Å²) in [7, 11) is -3.39. The molecule has 98 valence electrons. The molecule has 1 N–H and O–H groups in total. The molecule has 1 unspecified atom stereocenters. The van der Waals surface area contributed by atoms with Crippen LogP contribution in [-0.4, -0.2) is 42.1 Å². The van der Waals surface area contributed by atoms with E-state index in [9.17, 15) is 13.2 Å². The molecule has 1 atom stereocenters. The quantitative estimate of drug-likeness (QED) is 0.821. The molecule has 17 heavy (non-hydrogen) atoms. The van der Waals surface area contributed by atoms with Gasteiger partial charge in [-0.2, -0.15) is 4.31 Å². The second-order valence-electron chi connectivity index (χ2n) is 5.04. The number of rotatable bonds is 4. The maximum atomic E-state index is 12.2. The second-order valence-corrected chi connectivity index (χ2v) is 7.00. The van der Waals surface area contributed by atoms with Gasteiger partial charge in [-0.3, -0.25) is 4.79 Å². The van der Waals surface area contributed by atoms with Gasteiger partial charge in [0.25, 0.3) is 0 Å². The molecule has 2 aliphatic rings. The average Bonchev–Trinajstić information content (AvgIpc) is 3.01. The number of aliphatic carboxylic acids is 1. The SMILES string of the molecule is O=C(O)C1CCCCCN1S(=O)(=O)CC1CC1. The minimum atomic E-state index is -3.39. The number of nitrogens with zero attached hydrogens (tertiary/aromatic N) is 1. The summed E-state index contributed by atoms with van der Waals surface area (Å²) in [6.07, 6.45) is 4.86. The van der Waals surface area contributed by atoms with Crippen molar-refractivity contribution in [3.05, 3.63) is 0 Å². The van der Waals surface area contributed by atoms with E-state index in [1.54, 1.807) is 0 Å². The Balaban J connectivity index is 2.15. The van der Waals surface area contributed by atoms with E-state index in [0.717, 1.165) is 32.1 Å². The molecule has 1 aliphatic carbocycles. The summed E-state index contributed by atoms with van der Waals surface area (Å²) in [4.78, 5) is 11.2. The molecule has 1 heterocycles. The minimum Gasteiger partial charge on any atom is -0.480 e. The maximum absolute atomic E-state index is 12.2. The summed E-state index contributed by atoms with van der Waals surface area (Å²) in [6.45, 7) is 0.367. The molecular weight excluding hydrogens is 242 g/mol. The molecule has 6 heteroatoms. The van der Waals surface area contributed by atoms with Crippen LogP contribution in [0.1, 0.15) is 38.5 Å². The zero-order valence-electron chi connectivity index (χ0n) is 9.84. The normalized spacial score (nSPS) is 27.6. The highest BCUT2D eigenvalue weighted by atomic mass is 32.2. The topological polar surface area (TPSA) is 74.7 Å². The molecule has 5 nitrogen and oxygen atoms in total. The standard InChI is InChI=1S/C11H19NO4S/c13-11(14)10-4-2-1-3-7-12(10)17(15,16)8-9-5-6-9/h9-10H,1-8H2,(H,13,14). The fraction of sp³-hybridized carbons (Fsp3) is 0.909. The lowest BCUT2D eigenvalue weighted by molar-refractivity contribution is -0.141. The van der Waals surface area contributed by atoms with Crippen LogP contribution in [-0.2, 0) is 14.8 Å². The number of hydrogen-bond donors (Lipinski definition) is 1. The molecule has 0 radical (unpaired) electrons. The van der Waals surface area contributed by atoms with Crippen LogP contribution in [0, 0.1) is 5.92 Å². The molecule has 0 bridgehead atoms. The monoisotopic (exact) mass is 261 g/mol. The predicted molar refractivity (Wildman–Crippen MR) is 63.1 cm³/mol. The summed E-state index contributed by atoms with van der Waals surface area (Å²) < 4.78 is 25.6. The third-order valence-corrected chi connectivity index (χ3v) is 5.53. The van der Waals surface area contributed by atoms with Gasteiger partial charge in [0.15, 0.2) is 0 Å². The van der Waals surface area contributed by atoms with Crippen LogP contribution >= 0.6 is 0 Å². The second kappa shape index (κ2) is 4.94. The van der Waals surface area contributed by atoms with E-state index in [4.69, 9.17) is 5.11 Å². The van der Waals surface area contributed by atoms with Crippen LogP contribution in [0.3, 0.4) is 0 Å². The minimum absolute atomic E-state index is 0.136. The third kappa shape index (κ3) is 3.19. The molecule has 1 aliphatic heterocycles. The van der Waals surface area contributed by atoms with Gasteiger partial charge in [-0.15, -0.1) is 0 Å². The Morgan fingerprint density at radius 2 is 1.88 bits per heavy atom. The van der Waals surface area contributed by atoms with Crippen molar-refractivity contribution in [1.29, 1.82) is 0 Å². The van der Waals surface area contributed by atoms with E-state index >= 15 is 0 Å². The Bertz CT molecular complexity index is 388. The Hall–Kier alpha value is -0.620. The number of hydrogen-bond acceptors (Lipinski definition) is 3. The van der Waals surface area contributed by atoms with Gasteiger partial charge < -0.3 is 5.11 Å². The number of sulfonamides is 1. The van der Waals surface area contributed by atoms with E-state index in [1.165, 1.54) is 4.31 Å². The van der Waals surface area contributed by atoms with Gasteiger partial charge >= 0.3 is 5.97 Å². The number of carboxylic acids is 1. The molecule has 0 amide bonds. The summed E-state index contributed by atoms with van der Waals surface area (Å²) in [5, 5.41) is 9.14. The van der Waals surface area contributed by atoms with Crippen molar-refractivity contribution in [2.75, 3.05) is 12.3 Å². The van der Waals surface area contributed by atoms with Crippen LogP contribution in [0.2, 0.25) is 0 Å². The summed E-state index contributed by atoms with van der Waals surface area (Å²) >= 11 is 0. The van der Waals surface area contributed by atoms with E-state index in [0.29, 0.717) is 13.0 Å². The highest BCUT2D eigenvalue weighted by Gasteiger charge is 2.38. The lowest BCUT2D eigenvalue weighted by Crippen LogP contribution is -2.45. The van der Waals surface area contributed by atoms with Crippen molar-refractivity contribution in [2.24, 2.45) is 5.92 Å². The van der Waals surface area contributed by atoms with Gasteiger partial charge in [0.2, 0.25) is 10.0 Å². The predicted octanol–water partition coefficient (Wildman–Crippen LogP) is 1.06. The van der Waals surface area contributed by atoms with Gasteiger partial charge in [-0.05, 0) is 31.6 Å². The molecule has 0 aromatic rings. The van der Waals surface area contributed by atoms with Crippen molar-refractivity contribution < 1.29 is 18.3 Å². The Kier molecular flexibility index (Phi) is 3.73. The molecule has 0 aromatic carbocycles. The molecule has 2 rings (SSSR count). The number of carbonyl (C=O) groups is 1. The van der Waals surface area contributed by atoms with Crippen LogP contribution in [0.15, 0.2) is 0 Å². The van der Waals surface area contributed by atoms with Gasteiger partial charge in [-0.1, -0.05) is 12.8 Å². The summed E-state index contributed by atoms with van der Waals surface area (Å²) in [5.41, 5.74) is 0. The molecule has 0 spiro atoms. The zero-order valence-corrected chi connectivity index (χ0v) is 10.7. The third-order valence-electron chi connectivity index (χ3n) is 3.49. The fourth-order valence-electron chi connectivity index (χ4n) is 2.34. The Labute approximate surface area is 102 Å². The molecule has 0 aromatic heterocycles. The van der Waals surface area contributed by atoms with Gasteiger partial charge in [0, 0.05) is 6.54 Å². The van der Waals surface area contributed by atoms with E-state index < -0.39 is 22.0 Å². The number of carboxylic acid groups (broad SMARTS) is 1. The van der Waals surface area contributed by atoms with Crippen LogP contribution in [0.5, 0.6) is 0 Å². The van der Waals surface area contributed by atoms with Crippen molar-refractivity contribution in [1.82, 2.24) is 4.31 Å². The van der Waals surface area contributed by atoms with Gasteiger partial charge in [0.05, 0.1) is 5.75 Å². The Morgan fingerprint density at radius 1 is 1.18 bits per heavy atom. The van der Waals surface area contributed by atoms with Crippen molar-refractivity contribution >= 4 is 16.0 Å². The molecule has 1 saturated heterocycles. The molecular formula is C11H19NO4S.